The molecule has 9 nitrogen and oxygen atoms in total. The van der Waals surface area contributed by atoms with Crippen molar-refractivity contribution < 1.29 is 4.79 Å². The lowest BCUT2D eigenvalue weighted by atomic mass is 9.94. The van der Waals surface area contributed by atoms with E-state index in [2.05, 4.69) is 9.97 Å². The van der Waals surface area contributed by atoms with E-state index in [1.54, 1.807) is 24.5 Å². The van der Waals surface area contributed by atoms with Crippen LogP contribution in [0, 0.1) is 0 Å². The van der Waals surface area contributed by atoms with Gasteiger partial charge in [-0.1, -0.05) is 12.1 Å². The van der Waals surface area contributed by atoms with Gasteiger partial charge in [-0.05, 0) is 48.5 Å². The number of aromatic nitrogens is 6. The van der Waals surface area contributed by atoms with E-state index in [-0.39, 0.29) is 5.78 Å². The summed E-state index contributed by atoms with van der Waals surface area (Å²) in [5, 5.41) is 0. The van der Waals surface area contributed by atoms with E-state index in [9.17, 15) is 4.79 Å². The van der Waals surface area contributed by atoms with E-state index < -0.39 is 12.1 Å². The van der Waals surface area contributed by atoms with Crippen molar-refractivity contribution in [2.45, 2.75) is 12.1 Å². The minimum Gasteiger partial charge on any atom is -0.384 e. The minimum atomic E-state index is -0.674. The van der Waals surface area contributed by atoms with Crippen LogP contribution in [0.25, 0.3) is 11.4 Å². The molecule has 38 heavy (non-hydrogen) atoms. The van der Waals surface area contributed by atoms with Gasteiger partial charge < -0.3 is 29.7 Å². The predicted octanol–water partition coefficient (Wildman–Crippen LogP) is 4.27. The minimum absolute atomic E-state index is 0.0625. The normalized spacial score (nSPS) is 12.8. The Morgan fingerprint density at radius 2 is 1.03 bits per heavy atom. The second-order valence-corrected chi connectivity index (χ2v) is 9.05. The number of hydrogen-bond donors (Lipinski definition) is 2. The molecule has 6 rings (SSSR count). The Bertz CT molecular complexity index is 1520. The van der Waals surface area contributed by atoms with Gasteiger partial charge in [0.1, 0.15) is 23.7 Å². The molecule has 6 aromatic rings. The van der Waals surface area contributed by atoms with Crippen molar-refractivity contribution in [3.05, 3.63) is 134 Å². The molecule has 0 aliphatic carbocycles. The molecule has 0 bridgehead atoms. The number of nitrogen functional groups attached to an aromatic ring is 2. The fourth-order valence-corrected chi connectivity index (χ4v) is 4.72. The molecule has 0 spiro atoms. The molecule has 0 amide bonds. The number of hydrogen-bond acceptors (Lipinski definition) is 5. The van der Waals surface area contributed by atoms with Gasteiger partial charge >= 0.3 is 0 Å². The molecule has 0 aliphatic rings. The van der Waals surface area contributed by atoms with Crippen LogP contribution in [0.4, 0.5) is 11.6 Å². The van der Waals surface area contributed by atoms with Crippen molar-refractivity contribution in [3.8, 4) is 11.4 Å². The van der Waals surface area contributed by atoms with Gasteiger partial charge in [0.05, 0.1) is 11.4 Å². The third-order valence-corrected chi connectivity index (χ3v) is 6.59. The lowest BCUT2D eigenvalue weighted by Crippen LogP contribution is -2.29. The van der Waals surface area contributed by atoms with Crippen LogP contribution in [-0.2, 0) is 4.79 Å². The van der Waals surface area contributed by atoms with Crippen LogP contribution in [0.5, 0.6) is 0 Å². The third kappa shape index (κ3) is 4.37. The second-order valence-electron chi connectivity index (χ2n) is 9.05. The first-order valence-corrected chi connectivity index (χ1v) is 12.1. The Labute approximate surface area is 219 Å². The summed E-state index contributed by atoms with van der Waals surface area (Å²) < 4.78 is 7.82. The van der Waals surface area contributed by atoms with Crippen LogP contribution in [0.3, 0.4) is 0 Å². The Balaban J connectivity index is 1.47. The number of nitrogens with two attached hydrogens (primary N) is 2. The Morgan fingerprint density at radius 3 is 1.39 bits per heavy atom. The van der Waals surface area contributed by atoms with Gasteiger partial charge in [0.15, 0.2) is 5.78 Å². The molecule has 0 radical (unpaired) electrons. The van der Waals surface area contributed by atoms with Crippen LogP contribution in [0.1, 0.15) is 23.2 Å². The van der Waals surface area contributed by atoms with Gasteiger partial charge in [0.2, 0.25) is 0 Å². The highest BCUT2D eigenvalue weighted by Crippen LogP contribution is 2.31. The maximum absolute atomic E-state index is 14.6. The fraction of sp³-hybridized carbons (Fsp3) is 0.0690. The highest BCUT2D eigenvalue weighted by molar-refractivity contribution is 5.92. The molecule has 0 unspecified atom stereocenters. The van der Waals surface area contributed by atoms with Crippen molar-refractivity contribution in [1.29, 1.82) is 0 Å². The molecule has 6 heterocycles. The predicted molar refractivity (Wildman–Crippen MR) is 146 cm³/mol. The summed E-state index contributed by atoms with van der Waals surface area (Å²) in [4.78, 5) is 23.2. The van der Waals surface area contributed by atoms with E-state index in [1.165, 1.54) is 0 Å². The highest BCUT2D eigenvalue weighted by atomic mass is 16.1. The van der Waals surface area contributed by atoms with Gasteiger partial charge in [0.25, 0.3) is 0 Å². The molecular formula is C29H26N8O. The smallest absolute Gasteiger partial charge is 0.187 e. The summed E-state index contributed by atoms with van der Waals surface area (Å²) >= 11 is 0. The summed E-state index contributed by atoms with van der Waals surface area (Å²) in [6.07, 6.45) is 18.9. The van der Waals surface area contributed by atoms with E-state index in [1.807, 2.05) is 116 Å². The molecule has 4 N–H and O–H groups in total. The first-order chi connectivity index (χ1) is 18.6. The van der Waals surface area contributed by atoms with Gasteiger partial charge in [-0.25, -0.2) is 9.97 Å². The van der Waals surface area contributed by atoms with Gasteiger partial charge in [0, 0.05) is 73.1 Å². The van der Waals surface area contributed by atoms with Crippen molar-refractivity contribution in [2.75, 3.05) is 11.5 Å². The molecule has 0 aliphatic heterocycles. The Morgan fingerprint density at radius 1 is 0.605 bits per heavy atom. The van der Waals surface area contributed by atoms with Crippen molar-refractivity contribution in [3.63, 3.8) is 0 Å². The molecule has 0 fully saturated rings. The lowest BCUT2D eigenvalue weighted by Gasteiger charge is -2.25. The van der Waals surface area contributed by atoms with E-state index >= 15 is 0 Å². The SMILES string of the molecule is Nc1ccc([C@H](C(=O)[C@@H](c2ccc(N)nc2)n2ccc(-n3cccc3)c2)n2ccc(-n3cccc3)c2)cn1. The third-order valence-electron chi connectivity index (χ3n) is 6.59. The summed E-state index contributed by atoms with van der Waals surface area (Å²) in [6, 6.07) is 17.6. The molecule has 0 saturated carbocycles. The van der Waals surface area contributed by atoms with E-state index in [0.717, 1.165) is 22.5 Å². The highest BCUT2D eigenvalue weighted by Gasteiger charge is 2.32. The monoisotopic (exact) mass is 502 g/mol. The van der Waals surface area contributed by atoms with Gasteiger partial charge in [-0.3, -0.25) is 4.79 Å². The topological polar surface area (TPSA) is 115 Å². The number of nitrogens with zero attached hydrogens (tertiary/aromatic N) is 6. The zero-order valence-electron chi connectivity index (χ0n) is 20.4. The van der Waals surface area contributed by atoms with Crippen molar-refractivity contribution >= 4 is 17.4 Å². The van der Waals surface area contributed by atoms with Crippen LogP contribution in [0.2, 0.25) is 0 Å². The number of pyridine rings is 2. The molecule has 0 saturated heterocycles. The average molecular weight is 503 g/mol. The van der Waals surface area contributed by atoms with Crippen LogP contribution < -0.4 is 11.5 Å². The standard InChI is InChI=1S/C29H26N8O/c30-25-7-5-21(17-32-25)27(36-15-9-23(19-36)34-11-1-2-12-34)29(38)28(22-6-8-26(31)33-18-22)37-16-10-24(20-37)35-13-3-4-14-35/h1-20,27-28H,(H2,30,32)(H2,31,33)/t27-,28-/m1/s1. The van der Waals surface area contributed by atoms with Crippen LogP contribution >= 0.6 is 0 Å². The number of anilines is 2. The second kappa shape index (κ2) is 9.62. The molecule has 188 valence electrons. The Kier molecular flexibility index (Phi) is 5.85. The first-order valence-electron chi connectivity index (χ1n) is 12.1. The van der Waals surface area contributed by atoms with E-state index in [0.29, 0.717) is 11.6 Å². The molecule has 0 aromatic carbocycles. The lowest BCUT2D eigenvalue weighted by molar-refractivity contribution is -0.123. The number of Topliss-reactive ketones (excluding diaryl/α,β-unsaturated/α-hetero) is 1. The fourth-order valence-electron chi connectivity index (χ4n) is 4.72. The molecule has 6 aromatic heterocycles. The summed E-state index contributed by atoms with van der Waals surface area (Å²) in [6.45, 7) is 0. The maximum Gasteiger partial charge on any atom is 0.187 e. The first kappa shape index (κ1) is 23.1. The number of carbonyl (C=O) groups is 1. The van der Waals surface area contributed by atoms with Crippen LogP contribution in [-0.4, -0.2) is 34.0 Å². The van der Waals surface area contributed by atoms with Crippen molar-refractivity contribution in [2.24, 2.45) is 0 Å². The zero-order chi connectivity index (χ0) is 26.1. The summed E-state index contributed by atoms with van der Waals surface area (Å²) in [5.74, 6) is 0.718. The largest absolute Gasteiger partial charge is 0.384 e. The zero-order valence-corrected chi connectivity index (χ0v) is 20.4. The van der Waals surface area contributed by atoms with Crippen molar-refractivity contribution in [1.82, 2.24) is 28.2 Å². The average Bonchev–Trinajstić information content (AvgIpc) is 3.74. The number of rotatable bonds is 8. The number of ketones is 1. The molecule has 2 atom stereocenters. The summed E-state index contributed by atoms with van der Waals surface area (Å²) in [7, 11) is 0. The molecular weight excluding hydrogens is 476 g/mol. The van der Waals surface area contributed by atoms with Gasteiger partial charge in [-0.2, -0.15) is 0 Å². The molecule has 9 heteroatoms. The van der Waals surface area contributed by atoms with Crippen LogP contribution in [0.15, 0.2) is 123 Å². The maximum atomic E-state index is 14.6. The van der Waals surface area contributed by atoms with Gasteiger partial charge in [-0.15, -0.1) is 0 Å². The Hall–Kier alpha value is -5.31. The van der Waals surface area contributed by atoms with E-state index in [4.69, 9.17) is 11.5 Å². The summed E-state index contributed by atoms with van der Waals surface area (Å²) in [5.41, 5.74) is 15.1. The quantitative estimate of drug-likeness (QED) is 0.323. The number of carbonyl (C=O) groups excluding carboxylic acids is 1.